The van der Waals surface area contributed by atoms with Crippen LogP contribution in [0.15, 0.2) is 47.4 Å². The van der Waals surface area contributed by atoms with Crippen molar-refractivity contribution < 1.29 is 14.5 Å². The van der Waals surface area contributed by atoms with E-state index in [2.05, 4.69) is 0 Å². The van der Waals surface area contributed by atoms with Crippen LogP contribution < -0.4 is 4.90 Å². The molecule has 2 aromatic carbocycles. The van der Waals surface area contributed by atoms with Gasteiger partial charge in [0, 0.05) is 24.1 Å². The number of nitrogens with zero attached hydrogens (tertiary/aromatic N) is 3. The van der Waals surface area contributed by atoms with Crippen molar-refractivity contribution in [1.82, 2.24) is 4.90 Å². The first-order valence-corrected chi connectivity index (χ1v) is 9.68. The van der Waals surface area contributed by atoms with Gasteiger partial charge < -0.3 is 4.90 Å². The summed E-state index contributed by atoms with van der Waals surface area (Å²) in [5.41, 5.74) is 1.78. The van der Waals surface area contributed by atoms with Crippen LogP contribution in [0.1, 0.15) is 16.4 Å². The van der Waals surface area contributed by atoms with Crippen molar-refractivity contribution in [3.05, 3.63) is 63.7 Å². The first-order valence-electron chi connectivity index (χ1n) is 8.80. The molecular formula is C20H21N3O4S. The minimum absolute atomic E-state index is 0.172. The van der Waals surface area contributed by atoms with Gasteiger partial charge in [0.2, 0.25) is 5.78 Å². The average Bonchev–Trinajstić information content (AvgIpc) is 2.76. The predicted molar refractivity (Wildman–Crippen MR) is 109 cm³/mol. The number of anilines is 1. The molecule has 1 aliphatic heterocycles. The fourth-order valence-electron chi connectivity index (χ4n) is 3.03. The molecule has 7 nitrogen and oxygen atoms in total. The Morgan fingerprint density at radius 1 is 1.14 bits per heavy atom. The van der Waals surface area contributed by atoms with E-state index in [-0.39, 0.29) is 17.9 Å². The standard InChI is InChI=1S/C20H21N3O4S/c1-13-7-9-14(10-8-13)19-18(24)20(25)22(12-11-21(2)3)17-15(23(26)27)5-4-6-16(17)28-19/h4-10,19H,11-12H2,1-3H3. The molecular weight excluding hydrogens is 378 g/mol. The number of ketones is 1. The van der Waals surface area contributed by atoms with Crippen molar-refractivity contribution in [2.75, 3.05) is 32.1 Å². The van der Waals surface area contributed by atoms with E-state index in [1.165, 1.54) is 22.7 Å². The number of para-hydroxylation sites is 1. The summed E-state index contributed by atoms with van der Waals surface area (Å²) < 4.78 is 0. The molecule has 0 saturated carbocycles. The molecule has 0 N–H and O–H groups in total. The Labute approximate surface area is 167 Å². The average molecular weight is 399 g/mol. The summed E-state index contributed by atoms with van der Waals surface area (Å²) >= 11 is 1.19. The van der Waals surface area contributed by atoms with Gasteiger partial charge in [0.1, 0.15) is 10.9 Å². The van der Waals surface area contributed by atoms with Crippen LogP contribution in [0, 0.1) is 17.0 Å². The van der Waals surface area contributed by atoms with Gasteiger partial charge in [-0.1, -0.05) is 35.9 Å². The first-order chi connectivity index (χ1) is 13.3. The second-order valence-corrected chi connectivity index (χ2v) is 8.06. The number of Topliss-reactive ketones (excluding diaryl/α,β-unsaturated/α-hetero) is 1. The van der Waals surface area contributed by atoms with Crippen LogP contribution >= 0.6 is 11.8 Å². The van der Waals surface area contributed by atoms with Crippen molar-refractivity contribution in [3.63, 3.8) is 0 Å². The maximum absolute atomic E-state index is 13.1. The number of hydrogen-bond acceptors (Lipinski definition) is 6. The number of nitro benzene ring substituents is 1. The molecule has 1 aliphatic rings. The zero-order valence-electron chi connectivity index (χ0n) is 15.9. The number of thioether (sulfide) groups is 1. The van der Waals surface area contributed by atoms with Crippen molar-refractivity contribution in [2.45, 2.75) is 17.1 Å². The Balaban J connectivity index is 2.13. The second-order valence-electron chi connectivity index (χ2n) is 6.91. The molecule has 0 radical (unpaired) electrons. The maximum Gasteiger partial charge on any atom is 0.296 e. The van der Waals surface area contributed by atoms with Crippen LogP contribution in [-0.2, 0) is 9.59 Å². The van der Waals surface area contributed by atoms with Crippen molar-refractivity contribution in [2.24, 2.45) is 0 Å². The number of hydrogen-bond donors (Lipinski definition) is 0. The lowest BCUT2D eigenvalue weighted by Crippen LogP contribution is -2.41. The molecule has 8 heteroatoms. The van der Waals surface area contributed by atoms with E-state index in [0.29, 0.717) is 17.0 Å². The summed E-state index contributed by atoms with van der Waals surface area (Å²) in [5.74, 6) is -1.29. The number of likely N-dealkylation sites (N-methyl/N-ethyl adjacent to an activating group) is 1. The molecule has 0 bridgehead atoms. The van der Waals surface area contributed by atoms with Gasteiger partial charge in [-0.15, -0.1) is 11.8 Å². The van der Waals surface area contributed by atoms with Gasteiger partial charge in [-0.2, -0.15) is 0 Å². The lowest BCUT2D eigenvalue weighted by molar-refractivity contribution is -0.384. The van der Waals surface area contributed by atoms with Crippen LogP contribution in [0.3, 0.4) is 0 Å². The Morgan fingerprint density at radius 2 is 1.82 bits per heavy atom. The van der Waals surface area contributed by atoms with Gasteiger partial charge in [-0.05, 0) is 32.6 Å². The number of aryl methyl sites for hydroxylation is 1. The van der Waals surface area contributed by atoms with E-state index in [0.717, 1.165) is 5.56 Å². The van der Waals surface area contributed by atoms with Crippen molar-refractivity contribution >= 4 is 34.8 Å². The number of rotatable bonds is 5. The summed E-state index contributed by atoms with van der Waals surface area (Å²) in [6.45, 7) is 2.61. The molecule has 1 heterocycles. The zero-order valence-corrected chi connectivity index (χ0v) is 16.7. The Morgan fingerprint density at radius 3 is 2.43 bits per heavy atom. The summed E-state index contributed by atoms with van der Waals surface area (Å²) in [5, 5.41) is 10.9. The quantitative estimate of drug-likeness (QED) is 0.436. The van der Waals surface area contributed by atoms with E-state index < -0.39 is 21.9 Å². The lowest BCUT2D eigenvalue weighted by Gasteiger charge is -2.23. The molecule has 146 valence electrons. The van der Waals surface area contributed by atoms with Crippen LogP contribution in [0.5, 0.6) is 0 Å². The Kier molecular flexibility index (Phi) is 5.81. The molecule has 1 amide bonds. The van der Waals surface area contributed by atoms with Gasteiger partial charge in [-0.3, -0.25) is 24.6 Å². The second kappa shape index (κ2) is 8.12. The maximum atomic E-state index is 13.1. The van der Waals surface area contributed by atoms with Gasteiger partial charge in [-0.25, -0.2) is 0 Å². The topological polar surface area (TPSA) is 83.8 Å². The summed E-state index contributed by atoms with van der Waals surface area (Å²) in [7, 11) is 3.68. The zero-order chi connectivity index (χ0) is 20.4. The summed E-state index contributed by atoms with van der Waals surface area (Å²) in [6, 6.07) is 12.1. The third-order valence-corrected chi connectivity index (χ3v) is 5.84. The highest BCUT2D eigenvalue weighted by molar-refractivity contribution is 8.00. The largest absolute Gasteiger partial charge is 0.308 e. The van der Waals surface area contributed by atoms with E-state index in [4.69, 9.17) is 0 Å². The fourth-order valence-corrected chi connectivity index (χ4v) is 4.26. The number of fused-ring (bicyclic) bond motifs is 1. The highest BCUT2D eigenvalue weighted by Gasteiger charge is 2.40. The third-order valence-electron chi connectivity index (χ3n) is 4.53. The predicted octanol–water partition coefficient (Wildman–Crippen LogP) is 3.21. The summed E-state index contributed by atoms with van der Waals surface area (Å²) in [4.78, 5) is 40.9. The minimum Gasteiger partial charge on any atom is -0.308 e. The van der Waals surface area contributed by atoms with E-state index in [1.54, 1.807) is 12.1 Å². The van der Waals surface area contributed by atoms with E-state index >= 15 is 0 Å². The Bertz CT molecular complexity index is 928. The van der Waals surface area contributed by atoms with Crippen LogP contribution in [0.4, 0.5) is 11.4 Å². The lowest BCUT2D eigenvalue weighted by atomic mass is 10.1. The first kappa shape index (κ1) is 20.0. The fraction of sp³-hybridized carbons (Fsp3) is 0.300. The van der Waals surface area contributed by atoms with Gasteiger partial charge >= 0.3 is 0 Å². The SMILES string of the molecule is Cc1ccc(C2Sc3cccc([N+](=O)[O-])c3N(CCN(C)C)C(=O)C2=O)cc1. The number of amides is 1. The van der Waals surface area contributed by atoms with Gasteiger partial charge in [0.05, 0.1) is 4.92 Å². The van der Waals surface area contributed by atoms with Gasteiger partial charge in [0.15, 0.2) is 0 Å². The molecule has 0 spiro atoms. The van der Waals surface area contributed by atoms with Crippen LogP contribution in [0.2, 0.25) is 0 Å². The highest BCUT2D eigenvalue weighted by atomic mass is 32.2. The molecule has 3 rings (SSSR count). The molecule has 28 heavy (non-hydrogen) atoms. The molecule has 0 aromatic heterocycles. The molecule has 1 unspecified atom stereocenters. The van der Waals surface area contributed by atoms with Crippen molar-refractivity contribution in [1.29, 1.82) is 0 Å². The third kappa shape index (κ3) is 3.93. The number of nitro groups is 1. The van der Waals surface area contributed by atoms with Gasteiger partial charge in [0.25, 0.3) is 11.6 Å². The Hall–Kier alpha value is -2.71. The number of benzene rings is 2. The number of carbonyl (C=O) groups excluding carboxylic acids is 2. The van der Waals surface area contributed by atoms with E-state index in [1.807, 2.05) is 50.2 Å². The molecule has 0 saturated heterocycles. The molecule has 0 aliphatic carbocycles. The monoisotopic (exact) mass is 399 g/mol. The molecule has 2 aromatic rings. The smallest absolute Gasteiger partial charge is 0.296 e. The van der Waals surface area contributed by atoms with E-state index in [9.17, 15) is 19.7 Å². The molecule has 0 fully saturated rings. The highest BCUT2D eigenvalue weighted by Crippen LogP contribution is 2.47. The summed E-state index contributed by atoms with van der Waals surface area (Å²) in [6.07, 6.45) is 0. The van der Waals surface area contributed by atoms with Crippen LogP contribution in [-0.4, -0.2) is 48.7 Å². The van der Waals surface area contributed by atoms with Crippen LogP contribution in [0.25, 0.3) is 0 Å². The normalized spacial score (nSPS) is 16.9. The number of carbonyl (C=O) groups is 2. The molecule has 1 atom stereocenters. The minimum atomic E-state index is -0.738. The van der Waals surface area contributed by atoms with Crippen molar-refractivity contribution in [3.8, 4) is 0 Å².